The molecule has 3 aromatic rings. The van der Waals surface area contributed by atoms with Gasteiger partial charge in [0.2, 0.25) is 0 Å². The minimum Gasteiger partial charge on any atom is -0.357 e. The third-order valence-electron chi connectivity index (χ3n) is 9.20. The SMILES string of the molecule is Cc1nc(N2CCC(c3nnc4n3-c3ccc(Cl)cc3CN(C35CC(C(F)(F)F)(C3)C5)C4)CC2)ccc1F. The van der Waals surface area contributed by atoms with Gasteiger partial charge in [0.05, 0.1) is 23.3 Å². The molecule has 0 radical (unpaired) electrons. The number of aryl methyl sites for hydroxylation is 1. The van der Waals surface area contributed by atoms with Crippen LogP contribution in [0.2, 0.25) is 5.02 Å². The number of alkyl halides is 3. The van der Waals surface area contributed by atoms with Crippen LogP contribution in [0, 0.1) is 18.2 Å². The average molecular weight is 547 g/mol. The summed E-state index contributed by atoms with van der Waals surface area (Å²) in [5.41, 5.74) is 0.356. The number of pyridine rings is 1. The van der Waals surface area contributed by atoms with Crippen molar-refractivity contribution in [1.82, 2.24) is 24.6 Å². The summed E-state index contributed by atoms with van der Waals surface area (Å²) in [7, 11) is 0. The first-order valence-electron chi connectivity index (χ1n) is 13.0. The first-order chi connectivity index (χ1) is 18.1. The fraction of sp³-hybridized carbons (Fsp3) is 0.519. The van der Waals surface area contributed by atoms with E-state index in [0.717, 1.165) is 54.6 Å². The molecule has 0 N–H and O–H groups in total. The number of halogens is 5. The molecule has 3 aliphatic carbocycles. The zero-order valence-corrected chi connectivity index (χ0v) is 21.7. The Bertz CT molecular complexity index is 1410. The predicted octanol–water partition coefficient (Wildman–Crippen LogP) is 5.95. The third-order valence-corrected chi connectivity index (χ3v) is 9.43. The number of fused-ring (bicyclic) bond motifs is 3. The monoisotopic (exact) mass is 546 g/mol. The number of hydrogen-bond acceptors (Lipinski definition) is 5. The van der Waals surface area contributed by atoms with E-state index in [9.17, 15) is 17.6 Å². The zero-order valence-electron chi connectivity index (χ0n) is 20.9. The summed E-state index contributed by atoms with van der Waals surface area (Å²) < 4.78 is 56.5. The van der Waals surface area contributed by atoms with Gasteiger partial charge < -0.3 is 4.90 Å². The molecular weight excluding hydrogens is 520 g/mol. The van der Waals surface area contributed by atoms with E-state index in [1.807, 2.05) is 18.2 Å². The fourth-order valence-electron chi connectivity index (χ4n) is 7.07. The molecule has 2 bridgehead atoms. The van der Waals surface area contributed by atoms with Crippen molar-refractivity contribution in [3.05, 3.63) is 64.1 Å². The van der Waals surface area contributed by atoms with Crippen molar-refractivity contribution in [2.75, 3.05) is 18.0 Å². The van der Waals surface area contributed by atoms with Crippen LogP contribution < -0.4 is 4.90 Å². The van der Waals surface area contributed by atoms with E-state index >= 15 is 0 Å². The molecule has 200 valence electrons. The van der Waals surface area contributed by atoms with Crippen LogP contribution in [0.1, 0.15) is 60.9 Å². The molecule has 8 rings (SSSR count). The van der Waals surface area contributed by atoms with Crippen LogP contribution in [0.25, 0.3) is 5.69 Å². The average Bonchev–Trinajstić information content (AvgIpc) is 3.14. The number of hydrogen-bond donors (Lipinski definition) is 0. The summed E-state index contributed by atoms with van der Waals surface area (Å²) in [5, 5.41) is 9.79. The third kappa shape index (κ3) is 3.52. The van der Waals surface area contributed by atoms with E-state index in [0.29, 0.717) is 23.8 Å². The number of rotatable bonds is 3. The fourth-order valence-corrected chi connectivity index (χ4v) is 7.26. The molecule has 3 saturated carbocycles. The van der Waals surface area contributed by atoms with E-state index in [1.54, 1.807) is 13.0 Å². The van der Waals surface area contributed by atoms with Gasteiger partial charge in [-0.25, -0.2) is 9.37 Å². The number of anilines is 1. The van der Waals surface area contributed by atoms with Crippen molar-refractivity contribution < 1.29 is 17.6 Å². The van der Waals surface area contributed by atoms with E-state index in [-0.39, 0.29) is 31.0 Å². The molecule has 0 spiro atoms. The van der Waals surface area contributed by atoms with Crippen molar-refractivity contribution in [2.24, 2.45) is 5.41 Å². The zero-order chi connectivity index (χ0) is 26.4. The first kappa shape index (κ1) is 24.3. The van der Waals surface area contributed by atoms with Gasteiger partial charge in [0.25, 0.3) is 0 Å². The molecule has 5 aliphatic rings. The Morgan fingerprint density at radius 1 is 1.00 bits per heavy atom. The van der Waals surface area contributed by atoms with Crippen LogP contribution in [-0.4, -0.2) is 49.5 Å². The van der Waals surface area contributed by atoms with Gasteiger partial charge in [-0.3, -0.25) is 9.47 Å². The Kier molecular flexibility index (Phi) is 5.21. The number of aromatic nitrogens is 4. The molecule has 1 aromatic carbocycles. The molecule has 2 aromatic heterocycles. The normalized spacial score (nSPS) is 27.3. The minimum absolute atomic E-state index is 0.149. The molecular formula is C27H27ClF4N6. The Morgan fingerprint density at radius 3 is 2.42 bits per heavy atom. The van der Waals surface area contributed by atoms with Crippen molar-refractivity contribution in [2.45, 2.75) is 69.8 Å². The number of piperidine rings is 1. The Balaban J connectivity index is 1.17. The van der Waals surface area contributed by atoms with Crippen LogP contribution in [0.3, 0.4) is 0 Å². The summed E-state index contributed by atoms with van der Waals surface area (Å²) in [6.45, 7) is 4.16. The topological polar surface area (TPSA) is 50.1 Å². The molecule has 2 aliphatic heterocycles. The van der Waals surface area contributed by atoms with Crippen LogP contribution in [0.5, 0.6) is 0 Å². The quantitative estimate of drug-likeness (QED) is 0.380. The highest BCUT2D eigenvalue weighted by Gasteiger charge is 2.79. The molecule has 4 heterocycles. The van der Waals surface area contributed by atoms with Crippen molar-refractivity contribution in [3.63, 3.8) is 0 Å². The molecule has 6 nitrogen and oxygen atoms in total. The van der Waals surface area contributed by atoms with E-state index in [2.05, 4.69) is 29.5 Å². The van der Waals surface area contributed by atoms with E-state index < -0.39 is 17.1 Å². The van der Waals surface area contributed by atoms with Gasteiger partial charge in [-0.1, -0.05) is 11.6 Å². The van der Waals surface area contributed by atoms with Crippen LogP contribution >= 0.6 is 11.6 Å². The lowest BCUT2D eigenvalue weighted by atomic mass is 9.38. The maximum absolute atomic E-state index is 13.7. The summed E-state index contributed by atoms with van der Waals surface area (Å²) in [6, 6.07) is 8.90. The molecule has 38 heavy (non-hydrogen) atoms. The van der Waals surface area contributed by atoms with Crippen molar-refractivity contribution in [1.29, 1.82) is 0 Å². The highest BCUT2D eigenvalue weighted by Crippen LogP contribution is 2.75. The predicted molar refractivity (Wildman–Crippen MR) is 134 cm³/mol. The van der Waals surface area contributed by atoms with Gasteiger partial charge in [-0.05, 0) is 74.9 Å². The van der Waals surface area contributed by atoms with E-state index in [1.165, 1.54) is 6.07 Å². The number of nitrogens with zero attached hydrogens (tertiary/aromatic N) is 6. The highest BCUT2D eigenvalue weighted by molar-refractivity contribution is 6.30. The lowest BCUT2D eigenvalue weighted by Crippen LogP contribution is -2.78. The Labute approximate surface area is 222 Å². The van der Waals surface area contributed by atoms with Crippen LogP contribution in [0.15, 0.2) is 30.3 Å². The summed E-state index contributed by atoms with van der Waals surface area (Å²) in [5.74, 6) is 2.25. The molecule has 4 fully saturated rings. The second kappa shape index (κ2) is 8.14. The molecule has 0 atom stereocenters. The lowest BCUT2D eigenvalue weighted by Gasteiger charge is -2.73. The smallest absolute Gasteiger partial charge is 0.357 e. The largest absolute Gasteiger partial charge is 0.394 e. The maximum atomic E-state index is 13.7. The maximum Gasteiger partial charge on any atom is 0.394 e. The van der Waals surface area contributed by atoms with E-state index in [4.69, 9.17) is 11.6 Å². The molecule has 11 heteroatoms. The highest BCUT2D eigenvalue weighted by atomic mass is 35.5. The van der Waals surface area contributed by atoms with Crippen LogP contribution in [-0.2, 0) is 13.1 Å². The van der Waals surface area contributed by atoms with Gasteiger partial charge in [0, 0.05) is 36.1 Å². The summed E-state index contributed by atoms with van der Waals surface area (Å²) in [6.07, 6.45) is -2.03. The summed E-state index contributed by atoms with van der Waals surface area (Å²) >= 11 is 6.37. The van der Waals surface area contributed by atoms with Gasteiger partial charge in [0.15, 0.2) is 5.82 Å². The minimum atomic E-state index is -4.15. The van der Waals surface area contributed by atoms with Crippen molar-refractivity contribution in [3.8, 4) is 5.69 Å². The van der Waals surface area contributed by atoms with Gasteiger partial charge in [-0.15, -0.1) is 10.2 Å². The Hall–Kier alpha value is -2.72. The molecule has 0 unspecified atom stereocenters. The van der Waals surface area contributed by atoms with Gasteiger partial charge >= 0.3 is 6.18 Å². The second-order valence-corrected chi connectivity index (χ2v) is 11.9. The Morgan fingerprint density at radius 2 is 1.74 bits per heavy atom. The number of benzene rings is 1. The van der Waals surface area contributed by atoms with Gasteiger partial charge in [0.1, 0.15) is 17.5 Å². The summed E-state index contributed by atoms with van der Waals surface area (Å²) in [4.78, 5) is 8.73. The molecule has 1 saturated heterocycles. The second-order valence-electron chi connectivity index (χ2n) is 11.5. The standard InChI is InChI=1S/C27H27ClF4N6/c1-16-20(29)3-5-22(33-16)36-8-6-17(7-9-36)24-35-34-23-12-37(26-13-25(14-26,15-26)27(30,31)32)11-18-10-19(28)2-4-21(18)38(23)24/h2-5,10,17H,6-9,11-15H2,1H3. The first-order valence-corrected chi connectivity index (χ1v) is 13.4. The van der Waals surface area contributed by atoms with Crippen molar-refractivity contribution >= 4 is 17.4 Å². The van der Waals surface area contributed by atoms with Gasteiger partial charge in [-0.2, -0.15) is 13.2 Å². The molecule has 0 amide bonds. The lowest BCUT2D eigenvalue weighted by molar-refractivity contribution is -0.364. The van der Waals surface area contributed by atoms with Crippen LogP contribution in [0.4, 0.5) is 23.4 Å².